The summed E-state index contributed by atoms with van der Waals surface area (Å²) >= 11 is 3.13. The Morgan fingerprint density at radius 2 is 1.90 bits per heavy atom. The van der Waals surface area contributed by atoms with Gasteiger partial charge in [0.25, 0.3) is 5.91 Å². The first-order chi connectivity index (χ1) is 14.6. The molecule has 148 valence electrons. The van der Waals surface area contributed by atoms with Crippen molar-refractivity contribution in [3.63, 3.8) is 0 Å². The van der Waals surface area contributed by atoms with E-state index in [1.165, 1.54) is 22.2 Å². The van der Waals surface area contributed by atoms with Gasteiger partial charge < -0.3 is 5.32 Å². The fourth-order valence-corrected chi connectivity index (χ4v) is 5.21. The van der Waals surface area contributed by atoms with E-state index in [0.717, 1.165) is 25.7 Å². The van der Waals surface area contributed by atoms with Crippen LogP contribution < -0.4 is 5.32 Å². The van der Waals surface area contributed by atoms with Gasteiger partial charge in [-0.05, 0) is 49.2 Å². The highest BCUT2D eigenvalue weighted by Gasteiger charge is 2.17. The molecule has 0 spiro atoms. The summed E-state index contributed by atoms with van der Waals surface area (Å²) in [6, 6.07) is 16.9. The van der Waals surface area contributed by atoms with Gasteiger partial charge in [-0.3, -0.25) is 4.79 Å². The van der Waals surface area contributed by atoms with Crippen LogP contribution in [0.1, 0.15) is 26.4 Å². The van der Waals surface area contributed by atoms with E-state index < -0.39 is 0 Å². The molecule has 2 aromatic heterocycles. The third-order valence-corrected chi connectivity index (χ3v) is 6.96. The van der Waals surface area contributed by atoms with Crippen LogP contribution in [0.2, 0.25) is 0 Å². The molecule has 0 unspecified atom stereocenters. The molecular weight excluding hydrogens is 412 g/mol. The van der Waals surface area contributed by atoms with Gasteiger partial charge in [0.15, 0.2) is 0 Å². The van der Waals surface area contributed by atoms with Crippen LogP contribution in [0.25, 0.3) is 10.2 Å². The van der Waals surface area contributed by atoms with Crippen molar-refractivity contribution in [1.29, 1.82) is 5.26 Å². The zero-order chi connectivity index (χ0) is 21.1. The third kappa shape index (κ3) is 4.06. The van der Waals surface area contributed by atoms with Crippen molar-refractivity contribution in [3.05, 3.63) is 76.4 Å². The average molecular weight is 431 g/mol. The molecule has 7 heteroatoms. The molecule has 0 atom stereocenters. The molecule has 0 fully saturated rings. The van der Waals surface area contributed by atoms with E-state index in [-0.39, 0.29) is 5.91 Å². The molecule has 4 rings (SSSR count). The molecule has 0 saturated heterocycles. The van der Waals surface area contributed by atoms with Gasteiger partial charge in [0.1, 0.15) is 16.2 Å². The Kier molecular flexibility index (Phi) is 5.79. The molecular formula is C23H18N4OS2. The third-order valence-electron chi connectivity index (χ3n) is 4.76. The van der Waals surface area contributed by atoms with Crippen molar-refractivity contribution in [3.8, 4) is 6.07 Å². The van der Waals surface area contributed by atoms with Crippen LogP contribution in [0.5, 0.6) is 0 Å². The molecule has 2 aromatic carbocycles. The standard InChI is InChI=1S/C23H18N4OS2/c1-14-15(2)29-22-20(14)23(26-13-25-22)30-19-6-4-3-5-18(19)21(28)27-17-9-7-16(8-10-17)11-12-24/h3-10,13H,11H2,1-2H3,(H,27,28). The molecule has 4 aromatic rings. The van der Waals surface area contributed by atoms with Crippen LogP contribution in [0, 0.1) is 25.2 Å². The number of carbonyl (C=O) groups is 1. The topological polar surface area (TPSA) is 78.7 Å². The van der Waals surface area contributed by atoms with Gasteiger partial charge >= 0.3 is 0 Å². The largest absolute Gasteiger partial charge is 0.322 e. The molecule has 5 nitrogen and oxygen atoms in total. The highest BCUT2D eigenvalue weighted by atomic mass is 32.2. The number of fused-ring (bicyclic) bond motifs is 1. The molecule has 0 radical (unpaired) electrons. The monoisotopic (exact) mass is 430 g/mol. The summed E-state index contributed by atoms with van der Waals surface area (Å²) in [6.07, 6.45) is 1.92. The van der Waals surface area contributed by atoms with Gasteiger partial charge in [-0.15, -0.1) is 11.3 Å². The van der Waals surface area contributed by atoms with Crippen LogP contribution in [0.4, 0.5) is 5.69 Å². The number of rotatable bonds is 5. The minimum atomic E-state index is -0.186. The number of carbonyl (C=O) groups excluding carboxylic acids is 1. The molecule has 0 aliphatic carbocycles. The summed E-state index contributed by atoms with van der Waals surface area (Å²) in [4.78, 5) is 24.9. The Hall–Kier alpha value is -3.21. The maximum Gasteiger partial charge on any atom is 0.256 e. The molecule has 2 heterocycles. The molecule has 0 saturated carbocycles. The van der Waals surface area contributed by atoms with Crippen molar-refractivity contribution in [2.75, 3.05) is 5.32 Å². The maximum atomic E-state index is 13.0. The summed E-state index contributed by atoms with van der Waals surface area (Å²) in [7, 11) is 0. The average Bonchev–Trinajstić information content (AvgIpc) is 3.04. The van der Waals surface area contributed by atoms with Crippen LogP contribution in [0.3, 0.4) is 0 Å². The predicted molar refractivity (Wildman–Crippen MR) is 121 cm³/mol. The first-order valence-electron chi connectivity index (χ1n) is 9.31. The van der Waals surface area contributed by atoms with E-state index >= 15 is 0 Å². The van der Waals surface area contributed by atoms with Crippen LogP contribution in [-0.2, 0) is 6.42 Å². The zero-order valence-electron chi connectivity index (χ0n) is 16.5. The quantitative estimate of drug-likeness (QED) is 0.406. The lowest BCUT2D eigenvalue weighted by Crippen LogP contribution is -2.13. The number of nitrogens with zero attached hydrogens (tertiary/aromatic N) is 3. The van der Waals surface area contributed by atoms with E-state index in [0.29, 0.717) is 17.7 Å². The van der Waals surface area contributed by atoms with Gasteiger partial charge in [-0.2, -0.15) is 5.26 Å². The molecule has 0 bridgehead atoms. The number of aryl methyl sites for hydroxylation is 2. The van der Waals surface area contributed by atoms with E-state index in [9.17, 15) is 4.79 Å². The fourth-order valence-electron chi connectivity index (χ4n) is 3.07. The highest BCUT2D eigenvalue weighted by Crippen LogP contribution is 2.38. The number of anilines is 1. The molecule has 0 aliphatic rings. The zero-order valence-corrected chi connectivity index (χ0v) is 18.1. The number of aromatic nitrogens is 2. The van der Waals surface area contributed by atoms with E-state index in [1.807, 2.05) is 48.5 Å². The van der Waals surface area contributed by atoms with Gasteiger partial charge in [-0.25, -0.2) is 9.97 Å². The van der Waals surface area contributed by atoms with Gasteiger partial charge in [0.05, 0.1) is 18.1 Å². The van der Waals surface area contributed by atoms with Crippen molar-refractivity contribution >= 4 is 44.9 Å². The molecule has 1 amide bonds. The molecule has 1 N–H and O–H groups in total. The van der Waals surface area contributed by atoms with Gasteiger partial charge in [-0.1, -0.05) is 36.0 Å². The lowest BCUT2D eigenvalue weighted by atomic mass is 10.1. The minimum absolute atomic E-state index is 0.186. The number of benzene rings is 2. The summed E-state index contributed by atoms with van der Waals surface area (Å²) in [5, 5.41) is 13.6. The van der Waals surface area contributed by atoms with E-state index in [4.69, 9.17) is 5.26 Å². The van der Waals surface area contributed by atoms with Crippen LogP contribution in [0.15, 0.2) is 64.8 Å². The second-order valence-electron chi connectivity index (χ2n) is 6.73. The number of hydrogen-bond donors (Lipinski definition) is 1. The Balaban J connectivity index is 1.62. The van der Waals surface area contributed by atoms with Gasteiger partial charge in [0.2, 0.25) is 0 Å². The number of amides is 1. The minimum Gasteiger partial charge on any atom is -0.322 e. The summed E-state index contributed by atoms with van der Waals surface area (Å²) in [5.41, 5.74) is 3.37. The Bertz CT molecular complexity index is 1270. The first kappa shape index (κ1) is 20.1. The summed E-state index contributed by atoms with van der Waals surface area (Å²) in [5.74, 6) is -0.186. The van der Waals surface area contributed by atoms with Crippen LogP contribution >= 0.6 is 23.1 Å². The Labute approximate surface area is 182 Å². The summed E-state index contributed by atoms with van der Waals surface area (Å²) < 4.78 is 0. The second-order valence-corrected chi connectivity index (χ2v) is 8.96. The van der Waals surface area contributed by atoms with E-state index in [1.54, 1.807) is 17.7 Å². The smallest absolute Gasteiger partial charge is 0.256 e. The summed E-state index contributed by atoms with van der Waals surface area (Å²) in [6.45, 7) is 4.16. The predicted octanol–water partition coefficient (Wildman–Crippen LogP) is 5.78. The molecule has 30 heavy (non-hydrogen) atoms. The van der Waals surface area contributed by atoms with Crippen molar-refractivity contribution in [1.82, 2.24) is 9.97 Å². The highest BCUT2D eigenvalue weighted by molar-refractivity contribution is 7.99. The first-order valence-corrected chi connectivity index (χ1v) is 10.9. The van der Waals surface area contributed by atoms with Crippen molar-refractivity contribution in [2.24, 2.45) is 0 Å². The van der Waals surface area contributed by atoms with Gasteiger partial charge in [0, 0.05) is 20.8 Å². The van der Waals surface area contributed by atoms with Crippen molar-refractivity contribution < 1.29 is 4.79 Å². The molecule has 0 aliphatic heterocycles. The normalized spacial score (nSPS) is 10.7. The number of thiophene rings is 1. The van der Waals surface area contributed by atoms with E-state index in [2.05, 4.69) is 35.2 Å². The Morgan fingerprint density at radius 3 is 2.67 bits per heavy atom. The number of hydrogen-bond acceptors (Lipinski definition) is 6. The van der Waals surface area contributed by atoms with Crippen molar-refractivity contribution in [2.45, 2.75) is 30.2 Å². The fraction of sp³-hybridized carbons (Fsp3) is 0.130. The lowest BCUT2D eigenvalue weighted by molar-refractivity contribution is 0.102. The second kappa shape index (κ2) is 8.66. The number of nitriles is 1. The Morgan fingerprint density at radius 1 is 1.13 bits per heavy atom. The lowest BCUT2D eigenvalue weighted by Gasteiger charge is -2.10. The SMILES string of the molecule is Cc1sc2ncnc(Sc3ccccc3C(=O)Nc3ccc(CC#N)cc3)c2c1C. The number of nitrogens with one attached hydrogen (secondary N) is 1. The van der Waals surface area contributed by atoms with Crippen LogP contribution in [-0.4, -0.2) is 15.9 Å². The maximum absolute atomic E-state index is 13.0.